The van der Waals surface area contributed by atoms with Crippen molar-refractivity contribution in [1.29, 1.82) is 0 Å². The number of hydrogen-bond donors (Lipinski definition) is 0. The first-order valence-corrected chi connectivity index (χ1v) is 11.8. The van der Waals surface area contributed by atoms with Gasteiger partial charge in [-0.15, -0.1) is 0 Å². The third-order valence-corrected chi connectivity index (χ3v) is 8.50. The zero-order chi connectivity index (χ0) is 20.8. The molecule has 0 radical (unpaired) electrons. The Morgan fingerprint density at radius 1 is 1.03 bits per heavy atom. The van der Waals surface area contributed by atoms with Crippen molar-refractivity contribution in [2.75, 3.05) is 13.1 Å². The van der Waals surface area contributed by atoms with Crippen LogP contribution in [0.3, 0.4) is 0 Å². The van der Waals surface area contributed by atoms with E-state index in [1.807, 2.05) is 17.7 Å². The van der Waals surface area contributed by atoms with Crippen LogP contribution in [0.5, 0.6) is 0 Å². The molecular formula is C21H23N3O3S2. The third kappa shape index (κ3) is 3.56. The molecule has 152 valence electrons. The van der Waals surface area contributed by atoms with E-state index in [-0.39, 0.29) is 10.8 Å². The summed E-state index contributed by atoms with van der Waals surface area (Å²) in [7, 11) is -1.58. The van der Waals surface area contributed by atoms with Gasteiger partial charge in [0, 0.05) is 25.7 Å². The molecule has 29 heavy (non-hydrogen) atoms. The number of amides is 1. The lowest BCUT2D eigenvalue weighted by atomic mass is 10.1. The highest BCUT2D eigenvalue weighted by atomic mass is 32.2. The highest BCUT2D eigenvalue weighted by Crippen LogP contribution is 2.23. The van der Waals surface area contributed by atoms with Crippen molar-refractivity contribution in [3.63, 3.8) is 0 Å². The maximum absolute atomic E-state index is 12.7. The summed E-state index contributed by atoms with van der Waals surface area (Å²) < 4.78 is 29.8. The van der Waals surface area contributed by atoms with Gasteiger partial charge >= 0.3 is 0 Å². The number of carbonyl (C=O) groups is 1. The molecule has 1 amide bonds. The second-order valence-electron chi connectivity index (χ2n) is 7.35. The number of benzene rings is 2. The van der Waals surface area contributed by atoms with E-state index >= 15 is 0 Å². The van der Waals surface area contributed by atoms with Crippen molar-refractivity contribution in [1.82, 2.24) is 8.87 Å². The summed E-state index contributed by atoms with van der Waals surface area (Å²) >= 11 is 1.47. The Bertz CT molecular complexity index is 1260. The monoisotopic (exact) mass is 429 g/mol. The molecule has 1 aliphatic rings. The van der Waals surface area contributed by atoms with E-state index in [4.69, 9.17) is 0 Å². The first-order valence-electron chi connectivity index (χ1n) is 9.54. The quantitative estimate of drug-likeness (QED) is 0.641. The fraction of sp³-hybridized carbons (Fsp3) is 0.333. The van der Waals surface area contributed by atoms with Crippen molar-refractivity contribution < 1.29 is 13.2 Å². The number of carbonyl (C=O) groups excluding carboxylic acids is 1. The molecule has 0 N–H and O–H groups in total. The van der Waals surface area contributed by atoms with E-state index in [0.29, 0.717) is 23.5 Å². The molecule has 0 unspecified atom stereocenters. The first kappa shape index (κ1) is 20.0. The maximum atomic E-state index is 12.7. The van der Waals surface area contributed by atoms with Crippen LogP contribution in [0.25, 0.3) is 10.2 Å². The number of aryl methyl sites for hydroxylation is 3. The van der Waals surface area contributed by atoms with Crippen molar-refractivity contribution in [3.05, 3.63) is 57.9 Å². The van der Waals surface area contributed by atoms with Gasteiger partial charge in [0.2, 0.25) is 10.0 Å². The van der Waals surface area contributed by atoms with Crippen LogP contribution in [0, 0.1) is 13.8 Å². The summed E-state index contributed by atoms with van der Waals surface area (Å²) in [6, 6.07) is 10.2. The Hall–Kier alpha value is -2.29. The maximum Gasteiger partial charge on any atom is 0.279 e. The third-order valence-electron chi connectivity index (χ3n) is 5.49. The molecule has 2 aromatic carbocycles. The minimum Gasteiger partial charge on any atom is -0.319 e. The molecule has 1 saturated heterocycles. The summed E-state index contributed by atoms with van der Waals surface area (Å²) in [5.41, 5.74) is 3.81. The normalized spacial score (nSPS) is 16.0. The smallest absolute Gasteiger partial charge is 0.279 e. The largest absolute Gasteiger partial charge is 0.319 e. The molecule has 3 aromatic rings. The standard InChI is InChI=1S/C21H23N3O3S2/c1-14-6-11-18-19(15(14)2)23(3)21(28-18)22-20(25)16-7-9-17(10-8-16)29(26,27)24-12-4-5-13-24/h6-11H,4-5,12-13H2,1-3H3. The summed E-state index contributed by atoms with van der Waals surface area (Å²) in [6.07, 6.45) is 1.78. The first-order chi connectivity index (χ1) is 13.8. The van der Waals surface area contributed by atoms with Crippen molar-refractivity contribution in [3.8, 4) is 0 Å². The van der Waals surface area contributed by atoms with E-state index in [1.165, 1.54) is 51.0 Å². The Kier molecular flexibility index (Phi) is 5.18. The van der Waals surface area contributed by atoms with E-state index in [2.05, 4.69) is 24.9 Å². The van der Waals surface area contributed by atoms with Crippen LogP contribution >= 0.6 is 11.3 Å². The molecule has 1 fully saturated rings. The van der Waals surface area contributed by atoms with Crippen LogP contribution < -0.4 is 4.80 Å². The van der Waals surface area contributed by atoms with Gasteiger partial charge in [0.25, 0.3) is 5.91 Å². The zero-order valence-electron chi connectivity index (χ0n) is 16.7. The molecule has 0 atom stereocenters. The highest BCUT2D eigenvalue weighted by Gasteiger charge is 2.27. The molecule has 4 rings (SSSR count). The Balaban J connectivity index is 1.66. The molecule has 0 bridgehead atoms. The van der Waals surface area contributed by atoms with Crippen LogP contribution in [0.4, 0.5) is 0 Å². The number of thiazole rings is 1. The van der Waals surface area contributed by atoms with E-state index in [0.717, 1.165) is 23.1 Å². The second kappa shape index (κ2) is 7.51. The van der Waals surface area contributed by atoms with Gasteiger partial charge < -0.3 is 4.57 Å². The second-order valence-corrected chi connectivity index (χ2v) is 10.3. The van der Waals surface area contributed by atoms with Gasteiger partial charge in [0.15, 0.2) is 4.80 Å². The van der Waals surface area contributed by atoms with E-state index in [1.54, 1.807) is 0 Å². The van der Waals surface area contributed by atoms with Gasteiger partial charge in [-0.3, -0.25) is 4.79 Å². The Morgan fingerprint density at radius 2 is 1.69 bits per heavy atom. The summed E-state index contributed by atoms with van der Waals surface area (Å²) in [5, 5.41) is 0. The van der Waals surface area contributed by atoms with Crippen LogP contribution in [-0.4, -0.2) is 36.3 Å². The predicted molar refractivity (Wildman–Crippen MR) is 115 cm³/mol. The Morgan fingerprint density at radius 3 is 2.34 bits per heavy atom. The number of hydrogen-bond acceptors (Lipinski definition) is 4. The van der Waals surface area contributed by atoms with Crippen molar-refractivity contribution in [2.45, 2.75) is 31.6 Å². The molecular weight excluding hydrogens is 406 g/mol. The lowest BCUT2D eigenvalue weighted by Gasteiger charge is -2.15. The minimum absolute atomic E-state index is 0.217. The number of rotatable bonds is 3. The SMILES string of the molecule is Cc1ccc2sc(=NC(=O)c3ccc(S(=O)(=O)N4CCCC4)cc3)n(C)c2c1C. The predicted octanol–water partition coefficient (Wildman–Crippen LogP) is 3.38. The molecule has 1 aliphatic heterocycles. The fourth-order valence-electron chi connectivity index (χ4n) is 3.63. The lowest BCUT2D eigenvalue weighted by Crippen LogP contribution is -2.27. The van der Waals surface area contributed by atoms with Crippen LogP contribution in [0.2, 0.25) is 0 Å². The average Bonchev–Trinajstić information content (AvgIpc) is 3.35. The van der Waals surface area contributed by atoms with Crippen LogP contribution in [0.1, 0.15) is 34.3 Å². The molecule has 8 heteroatoms. The zero-order valence-corrected chi connectivity index (χ0v) is 18.3. The summed E-state index contributed by atoms with van der Waals surface area (Å²) in [6.45, 7) is 5.24. The van der Waals surface area contributed by atoms with Crippen molar-refractivity contribution >= 4 is 37.5 Å². The van der Waals surface area contributed by atoms with Gasteiger partial charge in [-0.1, -0.05) is 17.4 Å². The number of aromatic nitrogens is 1. The van der Waals surface area contributed by atoms with Crippen LogP contribution in [-0.2, 0) is 17.1 Å². The minimum atomic E-state index is -3.48. The molecule has 6 nitrogen and oxygen atoms in total. The molecule has 0 aliphatic carbocycles. The van der Waals surface area contributed by atoms with E-state index < -0.39 is 10.0 Å². The van der Waals surface area contributed by atoms with Gasteiger partial charge in [-0.25, -0.2) is 8.42 Å². The number of fused-ring (bicyclic) bond motifs is 1. The van der Waals surface area contributed by atoms with E-state index in [9.17, 15) is 13.2 Å². The summed E-state index contributed by atoms with van der Waals surface area (Å²) in [5.74, 6) is -0.383. The van der Waals surface area contributed by atoms with Gasteiger partial charge in [0.05, 0.1) is 15.1 Å². The molecule has 0 spiro atoms. The van der Waals surface area contributed by atoms with Crippen molar-refractivity contribution in [2.24, 2.45) is 12.0 Å². The topological polar surface area (TPSA) is 71.7 Å². The van der Waals surface area contributed by atoms with Gasteiger partial charge in [-0.05, 0) is 68.1 Å². The average molecular weight is 430 g/mol. The lowest BCUT2D eigenvalue weighted by molar-refractivity contribution is 0.0998. The molecule has 0 saturated carbocycles. The highest BCUT2D eigenvalue weighted by molar-refractivity contribution is 7.89. The number of nitrogens with zero attached hydrogens (tertiary/aromatic N) is 3. The van der Waals surface area contributed by atoms with Gasteiger partial charge in [0.1, 0.15) is 0 Å². The number of sulfonamides is 1. The molecule has 2 heterocycles. The fourth-order valence-corrected chi connectivity index (χ4v) is 6.23. The van der Waals surface area contributed by atoms with Gasteiger partial charge in [-0.2, -0.15) is 9.30 Å². The summed E-state index contributed by atoms with van der Waals surface area (Å²) in [4.78, 5) is 17.8. The molecule has 1 aromatic heterocycles. The Labute approximate surface area is 174 Å². The van der Waals surface area contributed by atoms with Crippen LogP contribution in [0.15, 0.2) is 46.3 Å².